The highest BCUT2D eigenvalue weighted by atomic mass is 35.5. The fourth-order valence-electron chi connectivity index (χ4n) is 1.72. The van der Waals surface area contributed by atoms with Crippen LogP contribution in [0.25, 0.3) is 0 Å². The maximum absolute atomic E-state index is 12.1. The fourth-order valence-corrected chi connectivity index (χ4v) is 1.91. The molecule has 0 aromatic heterocycles. The van der Waals surface area contributed by atoms with Gasteiger partial charge in [0.15, 0.2) is 0 Å². The summed E-state index contributed by atoms with van der Waals surface area (Å²) in [5.41, 5.74) is 1.81. The molecule has 0 fully saturated rings. The van der Waals surface area contributed by atoms with Crippen molar-refractivity contribution >= 4 is 34.8 Å². The van der Waals surface area contributed by atoms with E-state index in [1.54, 1.807) is 55.5 Å². The standard InChI is InChI=1S/C16H15ClN2O2/c1-2-15(20)18-13-8-6-11(7-9-13)16(21)19-14-5-3-4-12(17)10-14/h3-10H,2H2,1H3,(H,18,20)(H,19,21). The molecule has 2 N–H and O–H groups in total. The number of rotatable bonds is 4. The molecular formula is C16H15ClN2O2. The van der Waals surface area contributed by atoms with E-state index in [2.05, 4.69) is 10.6 Å². The van der Waals surface area contributed by atoms with E-state index in [4.69, 9.17) is 11.6 Å². The van der Waals surface area contributed by atoms with Crippen LogP contribution in [0.2, 0.25) is 5.02 Å². The highest BCUT2D eigenvalue weighted by Crippen LogP contribution is 2.16. The molecule has 0 aliphatic carbocycles. The van der Waals surface area contributed by atoms with Gasteiger partial charge in [0.25, 0.3) is 5.91 Å². The highest BCUT2D eigenvalue weighted by molar-refractivity contribution is 6.30. The maximum Gasteiger partial charge on any atom is 0.255 e. The van der Waals surface area contributed by atoms with Crippen molar-refractivity contribution in [2.24, 2.45) is 0 Å². The number of amides is 2. The van der Waals surface area contributed by atoms with Crippen molar-refractivity contribution in [1.82, 2.24) is 0 Å². The Labute approximate surface area is 128 Å². The summed E-state index contributed by atoms with van der Waals surface area (Å²) in [5, 5.41) is 6.05. The third kappa shape index (κ3) is 4.33. The molecule has 108 valence electrons. The van der Waals surface area contributed by atoms with Crippen molar-refractivity contribution < 1.29 is 9.59 Å². The van der Waals surface area contributed by atoms with E-state index >= 15 is 0 Å². The van der Waals surface area contributed by atoms with Crippen molar-refractivity contribution in [2.45, 2.75) is 13.3 Å². The summed E-state index contributed by atoms with van der Waals surface area (Å²) in [6, 6.07) is 13.6. The molecule has 2 aromatic rings. The van der Waals surface area contributed by atoms with Crippen LogP contribution in [-0.4, -0.2) is 11.8 Å². The summed E-state index contributed by atoms with van der Waals surface area (Å²) in [6.07, 6.45) is 0.414. The minimum atomic E-state index is -0.231. The largest absolute Gasteiger partial charge is 0.326 e. The van der Waals surface area contributed by atoms with Crippen molar-refractivity contribution in [1.29, 1.82) is 0 Å². The van der Waals surface area contributed by atoms with Gasteiger partial charge in [0.05, 0.1) is 0 Å². The predicted molar refractivity (Wildman–Crippen MR) is 84.8 cm³/mol. The van der Waals surface area contributed by atoms with E-state index in [1.807, 2.05) is 0 Å². The lowest BCUT2D eigenvalue weighted by atomic mass is 10.2. The zero-order valence-corrected chi connectivity index (χ0v) is 12.3. The van der Waals surface area contributed by atoms with Crippen LogP contribution in [0, 0.1) is 0 Å². The van der Waals surface area contributed by atoms with Gasteiger partial charge in [-0.15, -0.1) is 0 Å². The number of carbonyl (C=O) groups is 2. The second kappa shape index (κ2) is 6.90. The molecule has 2 aromatic carbocycles. The Balaban J connectivity index is 2.04. The number of anilines is 2. The van der Waals surface area contributed by atoms with E-state index in [-0.39, 0.29) is 11.8 Å². The zero-order valence-electron chi connectivity index (χ0n) is 11.5. The summed E-state index contributed by atoms with van der Waals surface area (Å²) in [4.78, 5) is 23.3. The van der Waals surface area contributed by atoms with E-state index in [1.165, 1.54) is 0 Å². The average molecular weight is 303 g/mol. The van der Waals surface area contributed by atoms with Gasteiger partial charge in [-0.1, -0.05) is 24.6 Å². The first-order valence-corrected chi connectivity index (χ1v) is 6.93. The second-order valence-electron chi connectivity index (χ2n) is 4.44. The summed E-state index contributed by atoms with van der Waals surface area (Å²) >= 11 is 5.87. The Bertz CT molecular complexity index is 654. The Morgan fingerprint density at radius 2 is 1.71 bits per heavy atom. The molecule has 0 radical (unpaired) electrons. The molecule has 5 heteroatoms. The molecule has 0 saturated heterocycles. The molecule has 21 heavy (non-hydrogen) atoms. The summed E-state index contributed by atoms with van der Waals surface area (Å²) in [6.45, 7) is 1.78. The molecule has 0 aliphatic heterocycles. The van der Waals surface area contributed by atoms with E-state index in [0.29, 0.717) is 28.4 Å². The molecule has 0 bridgehead atoms. The monoisotopic (exact) mass is 302 g/mol. The van der Waals surface area contributed by atoms with Gasteiger partial charge in [0.1, 0.15) is 0 Å². The molecular weight excluding hydrogens is 288 g/mol. The van der Waals surface area contributed by atoms with Gasteiger partial charge in [-0.25, -0.2) is 0 Å². The Kier molecular flexibility index (Phi) is 4.95. The van der Waals surface area contributed by atoms with Crippen LogP contribution < -0.4 is 10.6 Å². The van der Waals surface area contributed by atoms with Crippen LogP contribution >= 0.6 is 11.6 Å². The van der Waals surface area contributed by atoms with Crippen LogP contribution in [0.3, 0.4) is 0 Å². The first kappa shape index (κ1) is 15.1. The van der Waals surface area contributed by atoms with E-state index in [9.17, 15) is 9.59 Å². The van der Waals surface area contributed by atoms with Crippen molar-refractivity contribution in [3.05, 3.63) is 59.1 Å². The lowest BCUT2D eigenvalue weighted by Gasteiger charge is -2.07. The van der Waals surface area contributed by atoms with Gasteiger partial charge >= 0.3 is 0 Å². The number of hydrogen-bond donors (Lipinski definition) is 2. The SMILES string of the molecule is CCC(=O)Nc1ccc(C(=O)Nc2cccc(Cl)c2)cc1. The molecule has 0 atom stereocenters. The number of carbonyl (C=O) groups excluding carboxylic acids is 2. The summed E-state index contributed by atoms with van der Waals surface area (Å²) < 4.78 is 0. The molecule has 0 unspecified atom stereocenters. The van der Waals surface area contributed by atoms with E-state index in [0.717, 1.165) is 0 Å². The van der Waals surface area contributed by atoms with Gasteiger partial charge in [0, 0.05) is 28.4 Å². The minimum absolute atomic E-state index is 0.0638. The third-order valence-electron chi connectivity index (χ3n) is 2.83. The van der Waals surface area contributed by atoms with E-state index < -0.39 is 0 Å². The lowest BCUT2D eigenvalue weighted by Crippen LogP contribution is -2.12. The number of halogens is 1. The first-order valence-electron chi connectivity index (χ1n) is 6.55. The van der Waals surface area contributed by atoms with Crippen LogP contribution in [-0.2, 0) is 4.79 Å². The molecule has 4 nitrogen and oxygen atoms in total. The summed E-state index contributed by atoms with van der Waals surface area (Å²) in [5.74, 6) is -0.295. The number of nitrogens with one attached hydrogen (secondary N) is 2. The van der Waals surface area contributed by atoms with Crippen LogP contribution in [0.4, 0.5) is 11.4 Å². The van der Waals surface area contributed by atoms with Crippen molar-refractivity contribution in [2.75, 3.05) is 10.6 Å². The molecule has 2 amide bonds. The Hall–Kier alpha value is -2.33. The molecule has 0 spiro atoms. The fraction of sp³-hybridized carbons (Fsp3) is 0.125. The molecule has 0 saturated carbocycles. The van der Waals surface area contributed by atoms with Crippen molar-refractivity contribution in [3.63, 3.8) is 0 Å². The van der Waals surface area contributed by atoms with Gasteiger partial charge in [-0.3, -0.25) is 9.59 Å². The third-order valence-corrected chi connectivity index (χ3v) is 3.07. The minimum Gasteiger partial charge on any atom is -0.326 e. The Morgan fingerprint density at radius 3 is 2.33 bits per heavy atom. The molecule has 2 rings (SSSR count). The topological polar surface area (TPSA) is 58.2 Å². The Morgan fingerprint density at radius 1 is 1.00 bits per heavy atom. The molecule has 0 aliphatic rings. The zero-order chi connectivity index (χ0) is 15.2. The number of benzene rings is 2. The molecule has 0 heterocycles. The number of hydrogen-bond acceptors (Lipinski definition) is 2. The van der Waals surface area contributed by atoms with Gasteiger partial charge in [0.2, 0.25) is 5.91 Å². The lowest BCUT2D eigenvalue weighted by molar-refractivity contribution is -0.115. The normalized spacial score (nSPS) is 10.0. The predicted octanol–water partition coefficient (Wildman–Crippen LogP) is 3.94. The highest BCUT2D eigenvalue weighted by Gasteiger charge is 2.07. The smallest absolute Gasteiger partial charge is 0.255 e. The van der Waals surface area contributed by atoms with Crippen LogP contribution in [0.1, 0.15) is 23.7 Å². The maximum atomic E-state index is 12.1. The van der Waals surface area contributed by atoms with Crippen molar-refractivity contribution in [3.8, 4) is 0 Å². The quantitative estimate of drug-likeness (QED) is 0.898. The van der Waals surface area contributed by atoms with Gasteiger partial charge in [-0.2, -0.15) is 0 Å². The van der Waals surface area contributed by atoms with Gasteiger partial charge < -0.3 is 10.6 Å². The first-order chi connectivity index (χ1) is 10.1. The summed E-state index contributed by atoms with van der Waals surface area (Å²) in [7, 11) is 0. The van der Waals surface area contributed by atoms with Gasteiger partial charge in [-0.05, 0) is 42.5 Å². The average Bonchev–Trinajstić information content (AvgIpc) is 2.47. The van der Waals surface area contributed by atoms with Crippen LogP contribution in [0.15, 0.2) is 48.5 Å². The second-order valence-corrected chi connectivity index (χ2v) is 4.88. The van der Waals surface area contributed by atoms with Crippen LogP contribution in [0.5, 0.6) is 0 Å².